The Morgan fingerprint density at radius 1 is 0.630 bits per heavy atom. The molecule has 0 aliphatic carbocycles. The fourth-order valence-corrected chi connectivity index (χ4v) is 4.66. The summed E-state index contributed by atoms with van der Waals surface area (Å²) in [6.45, 7) is 12.4. The van der Waals surface area contributed by atoms with Crippen LogP contribution >= 0.6 is 0 Å². The average molecular weight is 403 g/mol. The molecule has 4 heteroatoms. The summed E-state index contributed by atoms with van der Waals surface area (Å²) in [6, 6.07) is 0. The maximum Gasteiger partial charge on any atom is 0.192 e. The first kappa shape index (κ1) is 27.1. The molecule has 0 unspecified atom stereocenters. The third-order valence-electron chi connectivity index (χ3n) is 6.14. The third-order valence-corrected chi connectivity index (χ3v) is 10.7. The maximum atomic E-state index is 8.85. The molecule has 0 aliphatic rings. The summed E-state index contributed by atoms with van der Waals surface area (Å²) < 4.78 is 6.77. The van der Waals surface area contributed by atoms with Crippen molar-refractivity contribution >= 4 is 8.32 Å². The van der Waals surface area contributed by atoms with E-state index >= 15 is 0 Å². The largest absolute Gasteiger partial charge is 0.414 e. The van der Waals surface area contributed by atoms with E-state index in [2.05, 4.69) is 33.9 Å². The van der Waals surface area contributed by atoms with E-state index in [-0.39, 0.29) is 5.04 Å². The Balaban J connectivity index is 4.21. The van der Waals surface area contributed by atoms with Gasteiger partial charge in [-0.05, 0) is 43.8 Å². The van der Waals surface area contributed by atoms with Crippen LogP contribution in [-0.4, -0.2) is 37.8 Å². The quantitative estimate of drug-likeness (QED) is 0.195. The molecule has 0 aromatic carbocycles. The molecule has 2 N–H and O–H groups in total. The minimum atomic E-state index is -1.70. The van der Waals surface area contributed by atoms with Crippen LogP contribution < -0.4 is 0 Å². The van der Waals surface area contributed by atoms with Crippen molar-refractivity contribution in [3.63, 3.8) is 0 Å². The van der Waals surface area contributed by atoms with E-state index in [0.29, 0.717) is 19.3 Å². The van der Waals surface area contributed by atoms with E-state index in [0.717, 1.165) is 25.7 Å². The second-order valence-electron chi connectivity index (χ2n) is 9.77. The fourth-order valence-electron chi connectivity index (χ4n) is 3.24. The van der Waals surface area contributed by atoms with Gasteiger partial charge in [-0.1, -0.05) is 85.0 Å². The molecular weight excluding hydrogens is 352 g/mol. The second-order valence-corrected chi connectivity index (χ2v) is 14.5. The summed E-state index contributed by atoms with van der Waals surface area (Å²) in [4.78, 5) is 0. The number of hydrogen-bond donors (Lipinski definition) is 2. The monoisotopic (exact) mass is 402 g/mol. The van der Waals surface area contributed by atoms with E-state index in [9.17, 15) is 0 Å². The Morgan fingerprint density at radius 2 is 0.963 bits per heavy atom. The van der Waals surface area contributed by atoms with Crippen LogP contribution in [0.2, 0.25) is 18.1 Å². The van der Waals surface area contributed by atoms with Crippen molar-refractivity contribution < 1.29 is 14.6 Å². The normalized spacial score (nSPS) is 12.9. The molecule has 0 spiro atoms. The topological polar surface area (TPSA) is 49.7 Å². The molecule has 0 radical (unpaired) electrons. The van der Waals surface area contributed by atoms with Gasteiger partial charge in [0.2, 0.25) is 0 Å². The summed E-state index contributed by atoms with van der Waals surface area (Å²) >= 11 is 0. The van der Waals surface area contributed by atoms with Gasteiger partial charge in [-0.15, -0.1) is 0 Å². The van der Waals surface area contributed by atoms with Crippen LogP contribution in [0.1, 0.15) is 111 Å². The predicted octanol–water partition coefficient (Wildman–Crippen LogP) is 6.82. The Labute approximate surface area is 171 Å². The lowest BCUT2D eigenvalue weighted by atomic mass is 10.0. The second kappa shape index (κ2) is 16.0. The summed E-state index contributed by atoms with van der Waals surface area (Å²) in [5.74, 6) is 0. The minimum absolute atomic E-state index is 0.278. The lowest BCUT2D eigenvalue weighted by Crippen LogP contribution is -2.44. The van der Waals surface area contributed by atoms with Gasteiger partial charge in [0.05, 0.1) is 0 Å². The van der Waals surface area contributed by atoms with E-state index in [1.165, 1.54) is 64.2 Å². The van der Waals surface area contributed by atoms with Crippen molar-refractivity contribution in [2.45, 2.75) is 135 Å². The van der Waals surface area contributed by atoms with Gasteiger partial charge in [0.1, 0.15) is 0 Å². The summed E-state index contributed by atoms with van der Waals surface area (Å²) in [6.07, 6.45) is 17.3. The van der Waals surface area contributed by atoms with Gasteiger partial charge < -0.3 is 14.6 Å². The smallest absolute Gasteiger partial charge is 0.192 e. The zero-order chi connectivity index (χ0) is 20.6. The van der Waals surface area contributed by atoms with Crippen LogP contribution in [0, 0.1) is 0 Å². The highest BCUT2D eigenvalue weighted by molar-refractivity contribution is 6.74. The van der Waals surface area contributed by atoms with Crippen LogP contribution in [0.25, 0.3) is 0 Å². The van der Waals surface area contributed by atoms with Crippen LogP contribution in [0.3, 0.4) is 0 Å². The third kappa shape index (κ3) is 14.7. The van der Waals surface area contributed by atoms with Crippen molar-refractivity contribution in [1.29, 1.82) is 0 Å². The molecule has 0 aliphatic heterocycles. The first-order valence-electron chi connectivity index (χ1n) is 11.6. The average Bonchev–Trinajstić information content (AvgIpc) is 2.58. The van der Waals surface area contributed by atoms with E-state index < -0.39 is 8.32 Å². The molecule has 0 saturated heterocycles. The molecule has 0 rings (SSSR count). The Bertz CT molecular complexity index is 308. The standard InChI is InChI=1S/C23H50O3Si/c1-23(2,3)27(4,5)26-22(18-14-10-6-8-12-16-20-24)19-15-11-7-9-13-17-21-25/h22,24-25H,6-21H2,1-5H3. The van der Waals surface area contributed by atoms with Crippen molar-refractivity contribution in [3.8, 4) is 0 Å². The van der Waals surface area contributed by atoms with Crippen molar-refractivity contribution in [1.82, 2.24) is 0 Å². The molecule has 164 valence electrons. The van der Waals surface area contributed by atoms with Gasteiger partial charge in [-0.2, -0.15) is 0 Å². The summed E-state index contributed by atoms with van der Waals surface area (Å²) in [5.41, 5.74) is 0. The highest BCUT2D eigenvalue weighted by Gasteiger charge is 2.38. The number of aliphatic hydroxyl groups is 2. The zero-order valence-electron chi connectivity index (χ0n) is 19.2. The highest BCUT2D eigenvalue weighted by atomic mass is 28.4. The first-order valence-corrected chi connectivity index (χ1v) is 14.5. The van der Waals surface area contributed by atoms with Crippen LogP contribution in [-0.2, 0) is 4.43 Å². The molecule has 0 fully saturated rings. The van der Waals surface area contributed by atoms with E-state index in [4.69, 9.17) is 14.6 Å². The molecule has 0 amide bonds. The van der Waals surface area contributed by atoms with Gasteiger partial charge in [-0.3, -0.25) is 0 Å². The number of unbranched alkanes of at least 4 members (excludes halogenated alkanes) is 10. The van der Waals surface area contributed by atoms with Crippen molar-refractivity contribution in [2.75, 3.05) is 13.2 Å². The predicted molar refractivity (Wildman–Crippen MR) is 121 cm³/mol. The van der Waals surface area contributed by atoms with Gasteiger partial charge >= 0.3 is 0 Å². The molecule has 0 heterocycles. The molecule has 0 bridgehead atoms. The molecular formula is C23H50O3Si. The Kier molecular flexibility index (Phi) is 16.0. The maximum absolute atomic E-state index is 8.85. The molecule has 0 atom stereocenters. The first-order chi connectivity index (χ1) is 12.7. The zero-order valence-corrected chi connectivity index (χ0v) is 20.2. The lowest BCUT2D eigenvalue weighted by molar-refractivity contribution is 0.154. The summed E-state index contributed by atoms with van der Waals surface area (Å²) in [5, 5.41) is 18.0. The van der Waals surface area contributed by atoms with Crippen molar-refractivity contribution in [2.24, 2.45) is 0 Å². The number of aliphatic hydroxyl groups excluding tert-OH is 2. The van der Waals surface area contributed by atoms with Gasteiger partial charge in [-0.25, -0.2) is 0 Å². The highest BCUT2D eigenvalue weighted by Crippen LogP contribution is 2.38. The van der Waals surface area contributed by atoms with Crippen LogP contribution in [0.15, 0.2) is 0 Å². The van der Waals surface area contributed by atoms with Gasteiger partial charge in [0, 0.05) is 19.3 Å². The van der Waals surface area contributed by atoms with Gasteiger partial charge in [0.25, 0.3) is 0 Å². The molecule has 0 aromatic heterocycles. The number of rotatable bonds is 18. The van der Waals surface area contributed by atoms with Crippen LogP contribution in [0.5, 0.6) is 0 Å². The molecule has 3 nitrogen and oxygen atoms in total. The van der Waals surface area contributed by atoms with Crippen molar-refractivity contribution in [3.05, 3.63) is 0 Å². The Hall–Kier alpha value is 0.0969. The van der Waals surface area contributed by atoms with Crippen LogP contribution in [0.4, 0.5) is 0 Å². The molecule has 27 heavy (non-hydrogen) atoms. The summed E-state index contributed by atoms with van der Waals surface area (Å²) in [7, 11) is -1.70. The minimum Gasteiger partial charge on any atom is -0.414 e. The molecule has 0 saturated carbocycles. The number of hydrogen-bond acceptors (Lipinski definition) is 3. The van der Waals surface area contributed by atoms with E-state index in [1.54, 1.807) is 0 Å². The molecule has 0 aromatic rings. The van der Waals surface area contributed by atoms with Gasteiger partial charge in [0.15, 0.2) is 8.32 Å². The fraction of sp³-hybridized carbons (Fsp3) is 1.00. The van der Waals surface area contributed by atoms with E-state index in [1.807, 2.05) is 0 Å². The lowest BCUT2D eigenvalue weighted by Gasteiger charge is -2.39. The Morgan fingerprint density at radius 3 is 1.30 bits per heavy atom. The SMILES string of the molecule is CC(C)(C)[Si](C)(C)OC(CCCCCCCCO)CCCCCCCCO.